The zero-order chi connectivity index (χ0) is 13.1. The van der Waals surface area contributed by atoms with Crippen molar-refractivity contribution in [3.63, 3.8) is 0 Å². The van der Waals surface area contributed by atoms with Crippen LogP contribution in [0, 0.1) is 5.82 Å². The van der Waals surface area contributed by atoms with Crippen LogP contribution < -0.4 is 5.32 Å². The Hall–Kier alpha value is -1.47. The van der Waals surface area contributed by atoms with Crippen LogP contribution in [0.5, 0.6) is 0 Å². The number of anilines is 1. The molecule has 8 heteroatoms. The monoisotopic (exact) mass is 332 g/mol. The molecule has 0 fully saturated rings. The van der Waals surface area contributed by atoms with Gasteiger partial charge in [0.15, 0.2) is 0 Å². The fraction of sp³-hybridized carbons (Fsp3) is 0.100. The van der Waals surface area contributed by atoms with Gasteiger partial charge in [0.1, 0.15) is 25.0 Å². The first-order chi connectivity index (χ1) is 8.56. The van der Waals surface area contributed by atoms with E-state index in [1.807, 2.05) is 0 Å². The van der Waals surface area contributed by atoms with Gasteiger partial charge in [-0.2, -0.15) is 5.10 Å². The largest absolute Gasteiger partial charge is 0.322 e. The molecule has 0 atom stereocenters. The average Bonchev–Trinajstić information content (AvgIpc) is 2.76. The zero-order valence-corrected chi connectivity index (χ0v) is 11.2. The SMILES string of the molecule is O=C(Cn1cncn1)Nc1c(Cl)cc(F)cc1Br. The van der Waals surface area contributed by atoms with E-state index in [1.54, 1.807) is 0 Å². The molecule has 1 N–H and O–H groups in total. The van der Waals surface area contributed by atoms with Crippen molar-refractivity contribution >= 4 is 39.1 Å². The Morgan fingerprint density at radius 1 is 1.56 bits per heavy atom. The molecule has 0 saturated carbocycles. The summed E-state index contributed by atoms with van der Waals surface area (Å²) in [5, 5.41) is 6.49. The smallest absolute Gasteiger partial charge is 0.246 e. The number of nitrogens with one attached hydrogen (secondary N) is 1. The molecule has 0 unspecified atom stereocenters. The van der Waals surface area contributed by atoms with Gasteiger partial charge in [-0.3, -0.25) is 4.79 Å². The van der Waals surface area contributed by atoms with Crippen LogP contribution in [0.25, 0.3) is 0 Å². The fourth-order valence-electron chi connectivity index (χ4n) is 1.30. The van der Waals surface area contributed by atoms with Crippen molar-refractivity contribution in [2.24, 2.45) is 0 Å². The molecule has 0 radical (unpaired) electrons. The van der Waals surface area contributed by atoms with E-state index in [9.17, 15) is 9.18 Å². The van der Waals surface area contributed by atoms with Crippen molar-refractivity contribution in [3.8, 4) is 0 Å². The summed E-state index contributed by atoms with van der Waals surface area (Å²) in [4.78, 5) is 15.4. The molecule has 0 saturated heterocycles. The molecule has 1 amide bonds. The molecule has 18 heavy (non-hydrogen) atoms. The van der Waals surface area contributed by atoms with Crippen molar-refractivity contribution in [3.05, 3.63) is 40.1 Å². The maximum Gasteiger partial charge on any atom is 0.246 e. The van der Waals surface area contributed by atoms with Gasteiger partial charge in [-0.1, -0.05) is 11.6 Å². The van der Waals surface area contributed by atoms with Crippen LogP contribution in [-0.2, 0) is 11.3 Å². The number of amides is 1. The van der Waals surface area contributed by atoms with Crippen LogP contribution in [0.4, 0.5) is 10.1 Å². The lowest BCUT2D eigenvalue weighted by Gasteiger charge is -2.09. The van der Waals surface area contributed by atoms with Crippen LogP contribution >= 0.6 is 27.5 Å². The molecule has 94 valence electrons. The molecule has 0 bridgehead atoms. The van der Waals surface area contributed by atoms with E-state index in [2.05, 4.69) is 31.3 Å². The fourth-order valence-corrected chi connectivity index (χ4v) is 2.20. The Kier molecular flexibility index (Phi) is 3.93. The number of aromatic nitrogens is 3. The highest BCUT2D eigenvalue weighted by Crippen LogP contribution is 2.31. The van der Waals surface area contributed by atoms with Gasteiger partial charge < -0.3 is 5.32 Å². The maximum atomic E-state index is 13.0. The van der Waals surface area contributed by atoms with Crippen LogP contribution in [0.15, 0.2) is 29.3 Å². The van der Waals surface area contributed by atoms with Gasteiger partial charge in [-0.05, 0) is 28.1 Å². The minimum atomic E-state index is -0.485. The molecule has 2 rings (SSSR count). The molecule has 1 heterocycles. The minimum Gasteiger partial charge on any atom is -0.322 e. The second-order valence-electron chi connectivity index (χ2n) is 3.39. The lowest BCUT2D eigenvalue weighted by Crippen LogP contribution is -2.19. The number of halogens is 3. The van der Waals surface area contributed by atoms with Crippen LogP contribution in [0.3, 0.4) is 0 Å². The lowest BCUT2D eigenvalue weighted by atomic mass is 10.3. The Labute approximate surface area is 115 Å². The number of carbonyl (C=O) groups excluding carboxylic acids is 1. The molecule has 1 aromatic heterocycles. The number of hydrogen-bond donors (Lipinski definition) is 1. The van der Waals surface area contributed by atoms with Gasteiger partial charge in [-0.15, -0.1) is 0 Å². The van der Waals surface area contributed by atoms with E-state index >= 15 is 0 Å². The van der Waals surface area contributed by atoms with Crippen molar-refractivity contribution in [1.82, 2.24) is 14.8 Å². The summed E-state index contributed by atoms with van der Waals surface area (Å²) in [5.74, 6) is -0.823. The quantitative estimate of drug-likeness (QED) is 0.939. The van der Waals surface area contributed by atoms with E-state index in [0.29, 0.717) is 10.2 Å². The van der Waals surface area contributed by atoms with Gasteiger partial charge in [0, 0.05) is 4.47 Å². The highest BCUT2D eigenvalue weighted by atomic mass is 79.9. The number of hydrogen-bond acceptors (Lipinski definition) is 3. The van der Waals surface area contributed by atoms with Crippen molar-refractivity contribution in [2.45, 2.75) is 6.54 Å². The summed E-state index contributed by atoms with van der Waals surface area (Å²) < 4.78 is 14.7. The topological polar surface area (TPSA) is 59.8 Å². The van der Waals surface area contributed by atoms with Crippen molar-refractivity contribution in [2.75, 3.05) is 5.32 Å². The zero-order valence-electron chi connectivity index (χ0n) is 8.90. The Morgan fingerprint density at radius 3 is 2.94 bits per heavy atom. The molecular weight excluding hydrogens is 326 g/mol. The highest BCUT2D eigenvalue weighted by Gasteiger charge is 2.12. The standard InChI is InChI=1S/C10H7BrClFN4O/c11-7-1-6(13)2-8(12)10(7)16-9(18)3-17-5-14-4-15-17/h1-2,4-5H,3H2,(H,16,18). The first kappa shape index (κ1) is 13.0. The summed E-state index contributed by atoms with van der Waals surface area (Å²) in [6, 6.07) is 2.34. The summed E-state index contributed by atoms with van der Waals surface area (Å²) in [6.07, 6.45) is 2.75. The Morgan fingerprint density at radius 2 is 2.33 bits per heavy atom. The predicted molar refractivity (Wildman–Crippen MR) is 67.8 cm³/mol. The third kappa shape index (κ3) is 3.05. The second kappa shape index (κ2) is 5.45. The molecule has 5 nitrogen and oxygen atoms in total. The lowest BCUT2D eigenvalue weighted by molar-refractivity contribution is -0.116. The molecular formula is C10H7BrClFN4O. The van der Waals surface area contributed by atoms with Crippen LogP contribution in [0.1, 0.15) is 0 Å². The Bertz CT molecular complexity index is 552. The minimum absolute atomic E-state index is 0.000144. The molecule has 0 aliphatic carbocycles. The van der Waals surface area contributed by atoms with Gasteiger partial charge in [0.05, 0.1) is 10.7 Å². The van der Waals surface area contributed by atoms with Gasteiger partial charge in [-0.25, -0.2) is 14.1 Å². The van der Waals surface area contributed by atoms with Crippen LogP contribution in [-0.4, -0.2) is 20.7 Å². The van der Waals surface area contributed by atoms with Gasteiger partial charge in [0.25, 0.3) is 0 Å². The van der Waals surface area contributed by atoms with Gasteiger partial charge in [0.2, 0.25) is 5.91 Å². The molecule has 0 aliphatic heterocycles. The summed E-state index contributed by atoms with van der Waals surface area (Å²) in [7, 11) is 0. The Balaban J connectivity index is 2.12. The van der Waals surface area contributed by atoms with E-state index in [-0.39, 0.29) is 17.5 Å². The summed E-state index contributed by atoms with van der Waals surface area (Å²) in [6.45, 7) is 0.000144. The number of rotatable bonds is 3. The van der Waals surface area contributed by atoms with E-state index in [0.717, 1.165) is 6.07 Å². The van der Waals surface area contributed by atoms with Crippen molar-refractivity contribution < 1.29 is 9.18 Å². The van der Waals surface area contributed by atoms with Crippen LogP contribution in [0.2, 0.25) is 5.02 Å². The third-order valence-corrected chi connectivity index (χ3v) is 2.97. The predicted octanol–water partition coefficient (Wildman–Crippen LogP) is 2.47. The molecule has 0 aliphatic rings. The maximum absolute atomic E-state index is 13.0. The van der Waals surface area contributed by atoms with Crippen molar-refractivity contribution in [1.29, 1.82) is 0 Å². The van der Waals surface area contributed by atoms with E-state index in [4.69, 9.17) is 11.6 Å². The number of carbonyl (C=O) groups is 1. The van der Waals surface area contributed by atoms with E-state index in [1.165, 1.54) is 23.4 Å². The van der Waals surface area contributed by atoms with E-state index < -0.39 is 5.82 Å². The average molecular weight is 334 g/mol. The third-order valence-electron chi connectivity index (χ3n) is 2.04. The highest BCUT2D eigenvalue weighted by molar-refractivity contribution is 9.10. The normalized spacial score (nSPS) is 10.4. The first-order valence-corrected chi connectivity index (χ1v) is 6.00. The summed E-state index contributed by atoms with van der Waals surface area (Å²) in [5.41, 5.74) is 0.322. The molecule has 0 spiro atoms. The van der Waals surface area contributed by atoms with Gasteiger partial charge >= 0.3 is 0 Å². The number of benzene rings is 1. The second-order valence-corrected chi connectivity index (χ2v) is 4.65. The first-order valence-electron chi connectivity index (χ1n) is 4.83. The molecule has 1 aromatic carbocycles. The number of nitrogens with zero attached hydrogens (tertiary/aromatic N) is 3. The molecule has 2 aromatic rings. The summed E-state index contributed by atoms with van der Waals surface area (Å²) >= 11 is 8.97.